The highest BCUT2D eigenvalue weighted by atomic mass is 35.5. The second-order valence-electron chi connectivity index (χ2n) is 7.82. The van der Waals surface area contributed by atoms with Crippen LogP contribution in [0.15, 0.2) is 64.6 Å². The zero-order chi connectivity index (χ0) is 23.9. The van der Waals surface area contributed by atoms with Crippen LogP contribution in [0.1, 0.15) is 5.01 Å². The number of hydrogen-bond acceptors (Lipinski definition) is 7. The zero-order valence-corrected chi connectivity index (χ0v) is 20.3. The van der Waals surface area contributed by atoms with Crippen molar-refractivity contribution >= 4 is 50.1 Å². The summed E-state index contributed by atoms with van der Waals surface area (Å²) < 4.78 is 32.8. The number of hydrogen-bond donors (Lipinski definition) is 2. The van der Waals surface area contributed by atoms with E-state index in [0.29, 0.717) is 47.6 Å². The molecule has 0 amide bonds. The Labute approximate surface area is 206 Å². The number of thiazole rings is 1. The molecule has 0 saturated carbocycles. The number of ether oxygens (including phenoxy) is 1. The molecule has 2 aromatic carbocycles. The number of aliphatic hydroxyl groups excluding tert-OH is 1. The number of aliphatic hydroxyl groups is 1. The Kier molecular flexibility index (Phi) is 6.17. The van der Waals surface area contributed by atoms with Gasteiger partial charge in [0.15, 0.2) is 0 Å². The van der Waals surface area contributed by atoms with E-state index in [0.717, 1.165) is 11.3 Å². The molecule has 1 aromatic heterocycles. The fourth-order valence-corrected chi connectivity index (χ4v) is 6.38. The maximum absolute atomic E-state index is 13.1. The third kappa shape index (κ3) is 4.23. The van der Waals surface area contributed by atoms with E-state index < -0.39 is 10.0 Å². The van der Waals surface area contributed by atoms with Gasteiger partial charge in [0.2, 0.25) is 10.0 Å². The second kappa shape index (κ2) is 9.12. The molecule has 0 unspecified atom stereocenters. The van der Waals surface area contributed by atoms with Crippen molar-refractivity contribution < 1.29 is 18.3 Å². The van der Waals surface area contributed by atoms with Crippen LogP contribution in [0.4, 0.5) is 5.69 Å². The number of sulfonamides is 1. The molecule has 8 nitrogen and oxygen atoms in total. The van der Waals surface area contributed by atoms with Gasteiger partial charge in [0.25, 0.3) is 0 Å². The molecule has 1 saturated heterocycles. The van der Waals surface area contributed by atoms with Crippen molar-refractivity contribution in [2.75, 3.05) is 37.7 Å². The maximum atomic E-state index is 13.1. The lowest BCUT2D eigenvalue weighted by Crippen LogP contribution is -2.40. The average molecular weight is 517 g/mol. The van der Waals surface area contributed by atoms with Gasteiger partial charge in [-0.25, -0.2) is 13.4 Å². The highest BCUT2D eigenvalue weighted by Gasteiger charge is 2.33. The van der Waals surface area contributed by atoms with Gasteiger partial charge in [0.1, 0.15) is 16.6 Å². The molecule has 0 bridgehead atoms. The number of morpholine rings is 1. The Balaban J connectivity index is 1.40. The van der Waals surface area contributed by atoms with E-state index in [2.05, 4.69) is 4.98 Å². The van der Waals surface area contributed by atoms with Crippen molar-refractivity contribution in [1.82, 2.24) is 9.29 Å². The van der Waals surface area contributed by atoms with Crippen molar-refractivity contribution in [3.05, 3.63) is 69.7 Å². The maximum Gasteiger partial charge on any atom is 0.243 e. The van der Waals surface area contributed by atoms with Crippen LogP contribution in [0.3, 0.4) is 0 Å². The molecule has 176 valence electrons. The minimum Gasteiger partial charge on any atom is -0.510 e. The summed E-state index contributed by atoms with van der Waals surface area (Å²) in [5.74, 6) is 0.0823. The van der Waals surface area contributed by atoms with Gasteiger partial charge in [-0.15, -0.1) is 11.3 Å². The fraction of sp³-hybridized carbons (Fsp3) is 0.217. The van der Waals surface area contributed by atoms with Crippen LogP contribution in [0.5, 0.6) is 0 Å². The Morgan fingerprint density at radius 3 is 2.59 bits per heavy atom. The normalized spacial score (nSPS) is 17.6. The van der Waals surface area contributed by atoms with Gasteiger partial charge in [-0.05, 0) is 30.3 Å². The van der Waals surface area contributed by atoms with Gasteiger partial charge >= 0.3 is 0 Å². The first-order valence-corrected chi connectivity index (χ1v) is 13.2. The molecule has 3 aromatic rings. The van der Waals surface area contributed by atoms with Crippen LogP contribution in [-0.2, 0) is 14.8 Å². The predicted octanol–water partition coefficient (Wildman–Crippen LogP) is 4.25. The molecule has 1 fully saturated rings. The topological polar surface area (TPSA) is 107 Å². The first-order valence-electron chi connectivity index (χ1n) is 10.5. The molecule has 34 heavy (non-hydrogen) atoms. The Morgan fingerprint density at radius 1 is 1.12 bits per heavy atom. The van der Waals surface area contributed by atoms with Crippen molar-refractivity contribution in [1.29, 1.82) is 5.41 Å². The summed E-state index contributed by atoms with van der Waals surface area (Å²) >= 11 is 7.30. The highest BCUT2D eigenvalue weighted by Crippen LogP contribution is 2.35. The van der Waals surface area contributed by atoms with Crippen LogP contribution < -0.4 is 4.90 Å². The van der Waals surface area contributed by atoms with E-state index in [-0.39, 0.29) is 23.0 Å². The van der Waals surface area contributed by atoms with Gasteiger partial charge in [0.05, 0.1) is 35.9 Å². The van der Waals surface area contributed by atoms with Crippen molar-refractivity contribution in [3.63, 3.8) is 0 Å². The second-order valence-corrected chi connectivity index (χ2v) is 11.0. The van der Waals surface area contributed by atoms with E-state index in [4.69, 9.17) is 21.7 Å². The van der Waals surface area contributed by atoms with Gasteiger partial charge in [-0.2, -0.15) is 4.31 Å². The first kappa shape index (κ1) is 23.0. The lowest BCUT2D eigenvalue weighted by atomic mass is 10.2. The van der Waals surface area contributed by atoms with Crippen molar-refractivity contribution in [2.24, 2.45) is 0 Å². The zero-order valence-electron chi connectivity index (χ0n) is 17.9. The van der Waals surface area contributed by atoms with Crippen molar-refractivity contribution in [2.45, 2.75) is 4.90 Å². The number of aromatic nitrogens is 1. The molecule has 0 radical (unpaired) electrons. The number of nitrogens with one attached hydrogen (secondary N) is 1. The van der Waals surface area contributed by atoms with E-state index in [1.54, 1.807) is 35.2 Å². The van der Waals surface area contributed by atoms with Gasteiger partial charge in [-0.1, -0.05) is 29.8 Å². The summed E-state index contributed by atoms with van der Waals surface area (Å²) in [6.07, 6.45) is 0. The van der Waals surface area contributed by atoms with Crippen molar-refractivity contribution in [3.8, 4) is 11.3 Å². The van der Waals surface area contributed by atoms with E-state index in [1.807, 2.05) is 17.5 Å². The molecule has 2 aliphatic rings. The van der Waals surface area contributed by atoms with Crippen LogP contribution in [0.2, 0.25) is 5.02 Å². The lowest BCUT2D eigenvalue weighted by Gasteiger charge is -2.26. The molecular formula is C23H21ClN4O4S2. The summed E-state index contributed by atoms with van der Waals surface area (Å²) in [6.45, 7) is 1.40. The fourth-order valence-electron chi connectivity index (χ4n) is 3.91. The molecular weight excluding hydrogens is 496 g/mol. The van der Waals surface area contributed by atoms with Gasteiger partial charge < -0.3 is 14.7 Å². The number of benzene rings is 2. The quantitative estimate of drug-likeness (QED) is 0.525. The number of halogens is 1. The minimum atomic E-state index is -3.68. The molecule has 0 spiro atoms. The molecule has 2 aliphatic heterocycles. The summed E-state index contributed by atoms with van der Waals surface area (Å²) in [4.78, 5) is 6.34. The highest BCUT2D eigenvalue weighted by molar-refractivity contribution is 7.89. The van der Waals surface area contributed by atoms with Crippen LogP contribution in [0.25, 0.3) is 16.8 Å². The lowest BCUT2D eigenvalue weighted by molar-refractivity contribution is 0.0730. The van der Waals surface area contributed by atoms with Gasteiger partial charge in [0, 0.05) is 34.7 Å². The summed E-state index contributed by atoms with van der Waals surface area (Å²) in [6, 6.07) is 13.7. The SMILES string of the molecule is N=C1C(c2nc(-c3ccc(Cl)cc3)cs2)=C(O)CN1c1cccc(S(=O)(=O)N2CCOCC2)c1. The Hall–Kier alpha value is -2.76. The van der Waals surface area contributed by atoms with Crippen LogP contribution >= 0.6 is 22.9 Å². The smallest absolute Gasteiger partial charge is 0.243 e. The molecule has 0 aliphatic carbocycles. The number of rotatable bonds is 5. The van der Waals surface area contributed by atoms with Crippen LogP contribution in [-0.4, -0.2) is 61.5 Å². The Bertz CT molecular complexity index is 1380. The third-order valence-electron chi connectivity index (χ3n) is 5.70. The molecule has 5 rings (SSSR count). The van der Waals surface area contributed by atoms with E-state index in [1.165, 1.54) is 21.7 Å². The van der Waals surface area contributed by atoms with Crippen LogP contribution in [0, 0.1) is 5.41 Å². The molecule has 11 heteroatoms. The number of anilines is 1. The summed E-state index contributed by atoms with van der Waals surface area (Å²) in [7, 11) is -3.68. The summed E-state index contributed by atoms with van der Waals surface area (Å²) in [5, 5.41) is 22.4. The van der Waals surface area contributed by atoms with Gasteiger partial charge in [-0.3, -0.25) is 5.41 Å². The monoisotopic (exact) mass is 516 g/mol. The molecule has 3 heterocycles. The minimum absolute atomic E-state index is 0.0171. The van der Waals surface area contributed by atoms with E-state index in [9.17, 15) is 13.5 Å². The predicted molar refractivity (Wildman–Crippen MR) is 133 cm³/mol. The first-order chi connectivity index (χ1) is 16.3. The largest absolute Gasteiger partial charge is 0.510 e. The Morgan fingerprint density at radius 2 is 1.85 bits per heavy atom. The number of amidine groups is 1. The molecule has 2 N–H and O–H groups in total. The number of nitrogens with zero attached hydrogens (tertiary/aromatic N) is 3. The van der Waals surface area contributed by atoms with E-state index >= 15 is 0 Å². The molecule has 0 atom stereocenters. The average Bonchev–Trinajstić information content (AvgIpc) is 3.44. The third-order valence-corrected chi connectivity index (χ3v) is 8.70. The summed E-state index contributed by atoms with van der Waals surface area (Å²) in [5.41, 5.74) is 2.46. The standard InChI is InChI=1S/C23H21ClN4O4S2/c24-16-6-4-15(5-7-16)19-14-33-23(26-19)21-20(29)13-28(22(21)25)17-2-1-3-18(12-17)34(30,31)27-8-10-32-11-9-27/h1-7,12,14,25,29H,8-11,13H2.